The second-order valence-electron chi connectivity index (χ2n) is 4.83. The van der Waals surface area contributed by atoms with Crippen LogP contribution in [0, 0.1) is 5.92 Å². The number of benzene rings is 1. The van der Waals surface area contributed by atoms with E-state index in [9.17, 15) is 0 Å². The van der Waals surface area contributed by atoms with E-state index in [1.165, 1.54) is 0 Å². The van der Waals surface area contributed by atoms with E-state index >= 15 is 0 Å². The number of nitrogens with two attached hydrogens (primary N) is 1. The molecule has 0 aliphatic carbocycles. The highest BCUT2D eigenvalue weighted by atomic mass is 16.5. The van der Waals surface area contributed by atoms with Gasteiger partial charge in [0.1, 0.15) is 17.6 Å². The first kappa shape index (κ1) is 13.2. The molecule has 0 bridgehead atoms. The lowest BCUT2D eigenvalue weighted by atomic mass is 9.91. The summed E-state index contributed by atoms with van der Waals surface area (Å²) >= 11 is 0. The zero-order valence-corrected chi connectivity index (χ0v) is 11.2. The minimum Gasteiger partial charge on any atom is -0.497 e. The molecule has 0 radical (unpaired) electrons. The van der Waals surface area contributed by atoms with Gasteiger partial charge in [0.05, 0.1) is 13.7 Å². The predicted molar refractivity (Wildman–Crippen MR) is 70.0 cm³/mol. The van der Waals surface area contributed by atoms with Crippen LogP contribution in [0.5, 0.6) is 11.5 Å². The van der Waals surface area contributed by atoms with E-state index in [4.69, 9.17) is 19.9 Å². The molecule has 18 heavy (non-hydrogen) atoms. The molecule has 1 aliphatic rings. The molecule has 0 amide bonds. The van der Waals surface area contributed by atoms with Crippen molar-refractivity contribution in [2.24, 2.45) is 11.7 Å². The smallest absolute Gasteiger partial charge is 0.128 e. The molecule has 1 aromatic carbocycles. The van der Waals surface area contributed by atoms with Crippen LogP contribution in [0.15, 0.2) is 18.2 Å². The van der Waals surface area contributed by atoms with E-state index in [2.05, 4.69) is 6.92 Å². The fraction of sp³-hybridized carbons (Fsp3) is 0.571. The number of hydrogen-bond donors (Lipinski definition) is 1. The first-order chi connectivity index (χ1) is 8.65. The van der Waals surface area contributed by atoms with Gasteiger partial charge in [-0.1, -0.05) is 13.0 Å². The Bertz CT molecular complexity index is 408. The van der Waals surface area contributed by atoms with Crippen LogP contribution in [-0.2, 0) is 4.74 Å². The highest BCUT2D eigenvalue weighted by molar-refractivity contribution is 5.43. The van der Waals surface area contributed by atoms with Crippen LogP contribution in [-0.4, -0.2) is 26.9 Å². The average molecular weight is 251 g/mol. The Morgan fingerprint density at radius 3 is 2.89 bits per heavy atom. The SMILES string of the molecule is COCC(C)C1C[C@@H](N)c2ccc(OC)cc2O1. The maximum atomic E-state index is 6.20. The largest absolute Gasteiger partial charge is 0.497 e. The maximum Gasteiger partial charge on any atom is 0.128 e. The molecule has 0 spiro atoms. The number of fused-ring (bicyclic) bond motifs is 1. The van der Waals surface area contributed by atoms with E-state index in [0.29, 0.717) is 12.5 Å². The van der Waals surface area contributed by atoms with Gasteiger partial charge in [0, 0.05) is 37.1 Å². The molecule has 0 saturated heterocycles. The second kappa shape index (κ2) is 5.59. The molecular weight excluding hydrogens is 230 g/mol. The second-order valence-corrected chi connectivity index (χ2v) is 4.83. The van der Waals surface area contributed by atoms with Gasteiger partial charge in [-0.15, -0.1) is 0 Å². The Morgan fingerprint density at radius 1 is 1.44 bits per heavy atom. The van der Waals surface area contributed by atoms with Crippen molar-refractivity contribution in [2.75, 3.05) is 20.8 Å². The van der Waals surface area contributed by atoms with Crippen molar-refractivity contribution in [1.29, 1.82) is 0 Å². The number of rotatable bonds is 4. The molecule has 3 atom stereocenters. The Balaban J connectivity index is 2.20. The minimum absolute atomic E-state index is 0.0176. The molecule has 2 rings (SSSR count). The first-order valence-electron chi connectivity index (χ1n) is 6.24. The third-order valence-corrected chi connectivity index (χ3v) is 3.45. The van der Waals surface area contributed by atoms with E-state index < -0.39 is 0 Å². The molecule has 100 valence electrons. The molecular formula is C14H21NO3. The van der Waals surface area contributed by atoms with Crippen molar-refractivity contribution in [1.82, 2.24) is 0 Å². The maximum absolute atomic E-state index is 6.20. The quantitative estimate of drug-likeness (QED) is 0.890. The first-order valence-corrected chi connectivity index (χ1v) is 6.24. The van der Waals surface area contributed by atoms with Crippen LogP contribution in [0.2, 0.25) is 0 Å². The van der Waals surface area contributed by atoms with Gasteiger partial charge >= 0.3 is 0 Å². The summed E-state index contributed by atoms with van der Waals surface area (Å²) in [5.41, 5.74) is 7.25. The lowest BCUT2D eigenvalue weighted by Gasteiger charge is -2.33. The lowest BCUT2D eigenvalue weighted by Crippen LogP contribution is -2.35. The van der Waals surface area contributed by atoms with Crippen LogP contribution in [0.3, 0.4) is 0 Å². The van der Waals surface area contributed by atoms with E-state index in [1.54, 1.807) is 14.2 Å². The third-order valence-electron chi connectivity index (χ3n) is 3.45. The molecule has 1 aliphatic heterocycles. The van der Waals surface area contributed by atoms with Crippen LogP contribution in [0.1, 0.15) is 24.9 Å². The minimum atomic E-state index is 0.0176. The van der Waals surface area contributed by atoms with Crippen molar-refractivity contribution in [3.8, 4) is 11.5 Å². The van der Waals surface area contributed by atoms with Gasteiger partial charge in [0.25, 0.3) is 0 Å². The predicted octanol–water partition coefficient (Wildman–Crippen LogP) is 2.13. The Labute approximate surface area is 108 Å². The fourth-order valence-corrected chi connectivity index (χ4v) is 2.36. The Kier molecular flexibility index (Phi) is 4.09. The van der Waals surface area contributed by atoms with Crippen LogP contribution in [0.4, 0.5) is 0 Å². The van der Waals surface area contributed by atoms with Gasteiger partial charge in [-0.05, 0) is 6.07 Å². The highest BCUT2D eigenvalue weighted by Crippen LogP contribution is 2.37. The van der Waals surface area contributed by atoms with Gasteiger partial charge in [-0.2, -0.15) is 0 Å². The van der Waals surface area contributed by atoms with Crippen LogP contribution >= 0.6 is 0 Å². The van der Waals surface area contributed by atoms with Gasteiger partial charge < -0.3 is 19.9 Å². The summed E-state index contributed by atoms with van der Waals surface area (Å²) in [4.78, 5) is 0. The summed E-state index contributed by atoms with van der Waals surface area (Å²) in [6, 6.07) is 5.82. The number of hydrogen-bond acceptors (Lipinski definition) is 4. The molecule has 4 nitrogen and oxygen atoms in total. The molecule has 0 fully saturated rings. The summed E-state index contributed by atoms with van der Waals surface area (Å²) in [5, 5.41) is 0. The fourth-order valence-electron chi connectivity index (χ4n) is 2.36. The Morgan fingerprint density at radius 2 is 2.22 bits per heavy atom. The molecule has 2 N–H and O–H groups in total. The zero-order valence-electron chi connectivity index (χ0n) is 11.2. The zero-order chi connectivity index (χ0) is 13.1. The van der Waals surface area contributed by atoms with E-state index in [0.717, 1.165) is 23.5 Å². The number of methoxy groups -OCH3 is 2. The van der Waals surface area contributed by atoms with Crippen LogP contribution < -0.4 is 15.2 Å². The summed E-state index contributed by atoms with van der Waals surface area (Å²) in [5.74, 6) is 1.95. The van der Waals surface area contributed by atoms with Crippen molar-refractivity contribution in [2.45, 2.75) is 25.5 Å². The molecule has 1 heterocycles. The molecule has 4 heteroatoms. The van der Waals surface area contributed by atoms with Gasteiger partial charge in [0.15, 0.2) is 0 Å². The average Bonchev–Trinajstić information content (AvgIpc) is 2.38. The van der Waals surface area contributed by atoms with Gasteiger partial charge in [-0.3, -0.25) is 0 Å². The lowest BCUT2D eigenvalue weighted by molar-refractivity contribution is 0.0536. The van der Waals surface area contributed by atoms with Gasteiger partial charge in [0.2, 0.25) is 0 Å². The highest BCUT2D eigenvalue weighted by Gasteiger charge is 2.29. The summed E-state index contributed by atoms with van der Waals surface area (Å²) < 4.78 is 16.4. The van der Waals surface area contributed by atoms with Gasteiger partial charge in [-0.25, -0.2) is 0 Å². The van der Waals surface area contributed by atoms with E-state index in [1.807, 2.05) is 18.2 Å². The van der Waals surface area contributed by atoms with Crippen molar-refractivity contribution in [3.05, 3.63) is 23.8 Å². The van der Waals surface area contributed by atoms with E-state index in [-0.39, 0.29) is 12.1 Å². The monoisotopic (exact) mass is 251 g/mol. The topological polar surface area (TPSA) is 53.7 Å². The van der Waals surface area contributed by atoms with Crippen molar-refractivity contribution in [3.63, 3.8) is 0 Å². The summed E-state index contributed by atoms with van der Waals surface area (Å²) in [7, 11) is 3.35. The summed E-state index contributed by atoms with van der Waals surface area (Å²) in [6.07, 6.45) is 0.920. The van der Waals surface area contributed by atoms with Crippen molar-refractivity contribution >= 4 is 0 Å². The normalized spacial score (nSPS) is 24.0. The third kappa shape index (κ3) is 2.60. The molecule has 1 aromatic rings. The standard InChI is InChI=1S/C14H21NO3/c1-9(8-16-2)13-7-12(15)11-5-4-10(17-3)6-14(11)18-13/h4-6,9,12-13H,7-8,15H2,1-3H3/t9?,12-,13?/m1/s1. The van der Waals surface area contributed by atoms with Crippen LogP contribution in [0.25, 0.3) is 0 Å². The molecule has 0 aromatic heterocycles. The van der Waals surface area contributed by atoms with Crippen molar-refractivity contribution < 1.29 is 14.2 Å². The Hall–Kier alpha value is -1.26. The molecule has 0 saturated carbocycles. The summed E-state index contributed by atoms with van der Waals surface area (Å²) in [6.45, 7) is 2.79. The number of ether oxygens (including phenoxy) is 3. The molecule has 2 unspecified atom stereocenters.